The normalized spacial score (nSPS) is 37.5. The molecule has 2 bridgehead atoms. The van der Waals surface area contributed by atoms with E-state index >= 15 is 0 Å². The first kappa shape index (κ1) is 12.1. The molecule has 1 saturated carbocycles. The van der Waals surface area contributed by atoms with Crippen molar-refractivity contribution in [3.8, 4) is 5.75 Å². The number of rotatable bonds is 3. The second-order valence-corrected chi connectivity index (χ2v) is 5.46. The number of carbonyl (C=O) groups is 2. The van der Waals surface area contributed by atoms with Crippen molar-refractivity contribution in [1.29, 1.82) is 0 Å². The minimum Gasteiger partial charge on any atom is -0.497 e. The largest absolute Gasteiger partial charge is 0.497 e. The summed E-state index contributed by atoms with van der Waals surface area (Å²) in [6.07, 6.45) is -0.843. The molecule has 1 aromatic rings. The zero-order valence-corrected chi connectivity index (χ0v) is 10.9. The van der Waals surface area contributed by atoms with Gasteiger partial charge in [0.2, 0.25) is 6.29 Å². The van der Waals surface area contributed by atoms with Gasteiger partial charge in [0.25, 0.3) is 0 Å². The fraction of sp³-hybridized carbons (Fsp3) is 0.467. The lowest BCUT2D eigenvalue weighted by Crippen LogP contribution is -2.30. The second-order valence-electron chi connectivity index (χ2n) is 5.46. The van der Waals surface area contributed by atoms with Crippen molar-refractivity contribution < 1.29 is 23.8 Å². The third kappa shape index (κ3) is 1.57. The summed E-state index contributed by atoms with van der Waals surface area (Å²) in [7, 11) is 1.58. The molecule has 0 unspecified atom stereocenters. The summed E-state index contributed by atoms with van der Waals surface area (Å²) in [6, 6.07) is 7.00. The van der Waals surface area contributed by atoms with Gasteiger partial charge in [0.1, 0.15) is 5.75 Å². The average Bonchev–Trinajstić information content (AvgIpc) is 3.09. The SMILES string of the molecule is COc1ccc(C(=O)[C@@H]2[C@H]3C(=O)[C@H]4OC[C@H](O4)[C@@H]23)cc1. The summed E-state index contributed by atoms with van der Waals surface area (Å²) in [5.74, 6) is 0.200. The number of methoxy groups -OCH3 is 1. The fourth-order valence-electron chi connectivity index (χ4n) is 3.38. The molecule has 20 heavy (non-hydrogen) atoms. The Morgan fingerprint density at radius 2 is 2.05 bits per heavy atom. The summed E-state index contributed by atoms with van der Waals surface area (Å²) in [4.78, 5) is 24.6. The topological polar surface area (TPSA) is 61.8 Å². The van der Waals surface area contributed by atoms with Crippen LogP contribution in [-0.4, -0.2) is 37.7 Å². The Labute approximate surface area is 115 Å². The van der Waals surface area contributed by atoms with Crippen molar-refractivity contribution in [2.45, 2.75) is 12.4 Å². The Hall–Kier alpha value is -1.72. The van der Waals surface area contributed by atoms with Crippen LogP contribution in [0.5, 0.6) is 5.75 Å². The van der Waals surface area contributed by atoms with Gasteiger partial charge in [-0.15, -0.1) is 0 Å². The van der Waals surface area contributed by atoms with Crippen LogP contribution in [0.4, 0.5) is 0 Å². The molecule has 0 amide bonds. The van der Waals surface area contributed by atoms with E-state index in [0.717, 1.165) is 0 Å². The van der Waals surface area contributed by atoms with Gasteiger partial charge < -0.3 is 14.2 Å². The lowest BCUT2D eigenvalue weighted by atomic mass is 10.0. The number of hydrogen-bond acceptors (Lipinski definition) is 5. The predicted octanol–water partition coefficient (Wildman–Crippen LogP) is 1.06. The monoisotopic (exact) mass is 274 g/mol. The van der Waals surface area contributed by atoms with Crippen LogP contribution >= 0.6 is 0 Å². The van der Waals surface area contributed by atoms with Crippen molar-refractivity contribution >= 4 is 11.6 Å². The number of ether oxygens (including phenoxy) is 3. The van der Waals surface area contributed by atoms with Crippen molar-refractivity contribution in [3.05, 3.63) is 29.8 Å². The quantitative estimate of drug-likeness (QED) is 0.771. The van der Waals surface area contributed by atoms with Crippen LogP contribution in [0.25, 0.3) is 0 Å². The zero-order chi connectivity index (χ0) is 13.9. The number of benzene rings is 1. The average molecular weight is 274 g/mol. The minimum absolute atomic E-state index is 0.00384. The molecule has 1 aliphatic carbocycles. The van der Waals surface area contributed by atoms with E-state index in [0.29, 0.717) is 17.9 Å². The van der Waals surface area contributed by atoms with E-state index in [-0.39, 0.29) is 35.4 Å². The molecule has 2 heterocycles. The molecule has 0 spiro atoms. The van der Waals surface area contributed by atoms with Crippen molar-refractivity contribution in [2.24, 2.45) is 17.8 Å². The molecule has 5 heteroatoms. The van der Waals surface area contributed by atoms with Gasteiger partial charge in [-0.25, -0.2) is 0 Å². The molecule has 2 aliphatic heterocycles. The van der Waals surface area contributed by atoms with Crippen LogP contribution in [0.3, 0.4) is 0 Å². The molecule has 3 aliphatic rings. The van der Waals surface area contributed by atoms with Crippen LogP contribution in [0.15, 0.2) is 24.3 Å². The first-order valence-electron chi connectivity index (χ1n) is 6.70. The zero-order valence-electron chi connectivity index (χ0n) is 10.9. The maximum atomic E-state index is 12.5. The highest BCUT2D eigenvalue weighted by Gasteiger charge is 2.68. The fourth-order valence-corrected chi connectivity index (χ4v) is 3.38. The van der Waals surface area contributed by atoms with Crippen LogP contribution < -0.4 is 4.74 Å². The van der Waals surface area contributed by atoms with Gasteiger partial charge in [0.15, 0.2) is 11.6 Å². The third-order valence-corrected chi connectivity index (χ3v) is 4.45. The molecule has 0 N–H and O–H groups in total. The van der Waals surface area contributed by atoms with Gasteiger partial charge in [-0.2, -0.15) is 0 Å². The van der Waals surface area contributed by atoms with E-state index in [1.165, 1.54) is 0 Å². The van der Waals surface area contributed by atoms with Crippen LogP contribution in [0.1, 0.15) is 10.4 Å². The number of hydrogen-bond donors (Lipinski definition) is 0. The Kier molecular flexibility index (Phi) is 2.49. The van der Waals surface area contributed by atoms with E-state index in [1.54, 1.807) is 31.4 Å². The van der Waals surface area contributed by atoms with Gasteiger partial charge in [-0.3, -0.25) is 9.59 Å². The van der Waals surface area contributed by atoms with Gasteiger partial charge in [0.05, 0.1) is 19.8 Å². The first-order valence-corrected chi connectivity index (χ1v) is 6.70. The van der Waals surface area contributed by atoms with Crippen molar-refractivity contribution in [3.63, 3.8) is 0 Å². The lowest BCUT2D eigenvalue weighted by Gasteiger charge is -2.14. The minimum atomic E-state index is -0.741. The Bertz CT molecular complexity index is 578. The van der Waals surface area contributed by atoms with Gasteiger partial charge in [0, 0.05) is 23.3 Å². The molecule has 0 radical (unpaired) electrons. The molecule has 4 rings (SSSR count). The molecule has 1 aromatic carbocycles. The lowest BCUT2D eigenvalue weighted by molar-refractivity contribution is -0.153. The van der Waals surface area contributed by atoms with Crippen LogP contribution in [-0.2, 0) is 14.3 Å². The van der Waals surface area contributed by atoms with E-state index in [1.807, 2.05) is 0 Å². The molecule has 5 nitrogen and oxygen atoms in total. The molecular weight excluding hydrogens is 260 g/mol. The standard InChI is InChI=1S/C15H14O5/c1-18-8-4-2-7(3-5-8)13(16)11-10-9-6-19-15(20-9)14(17)12(10)11/h2-5,9-12,15H,6H2,1H3/t9-,10-,11-,12-,15-/m0/s1. The highest BCUT2D eigenvalue weighted by atomic mass is 16.7. The molecule has 104 valence electrons. The molecule has 2 saturated heterocycles. The van der Waals surface area contributed by atoms with E-state index in [4.69, 9.17) is 14.2 Å². The Morgan fingerprint density at radius 1 is 1.30 bits per heavy atom. The molecule has 0 aromatic heterocycles. The maximum absolute atomic E-state index is 12.5. The van der Waals surface area contributed by atoms with E-state index in [2.05, 4.69) is 0 Å². The number of ketones is 2. The van der Waals surface area contributed by atoms with Gasteiger partial charge >= 0.3 is 0 Å². The van der Waals surface area contributed by atoms with Crippen LogP contribution in [0.2, 0.25) is 0 Å². The summed E-state index contributed by atoms with van der Waals surface area (Å²) >= 11 is 0. The van der Waals surface area contributed by atoms with Crippen molar-refractivity contribution in [1.82, 2.24) is 0 Å². The third-order valence-electron chi connectivity index (χ3n) is 4.45. The number of fused-ring (bicyclic) bond motifs is 4. The number of carbonyl (C=O) groups excluding carboxylic acids is 2. The first-order chi connectivity index (χ1) is 9.70. The molecular formula is C15H14O5. The Morgan fingerprint density at radius 3 is 2.75 bits per heavy atom. The molecule has 5 atom stereocenters. The number of Topliss-reactive ketones (excluding diaryl/α,β-unsaturated/α-hetero) is 2. The van der Waals surface area contributed by atoms with Gasteiger partial charge in [-0.05, 0) is 24.3 Å². The summed E-state index contributed by atoms with van der Waals surface area (Å²) < 4.78 is 15.8. The van der Waals surface area contributed by atoms with Gasteiger partial charge in [-0.1, -0.05) is 0 Å². The highest BCUT2D eigenvalue weighted by molar-refractivity contribution is 6.05. The van der Waals surface area contributed by atoms with E-state index in [9.17, 15) is 9.59 Å². The predicted molar refractivity (Wildman–Crippen MR) is 67.4 cm³/mol. The highest BCUT2D eigenvalue weighted by Crippen LogP contribution is 2.57. The maximum Gasteiger partial charge on any atom is 0.218 e. The summed E-state index contributed by atoms with van der Waals surface area (Å²) in [5, 5.41) is 0. The summed E-state index contributed by atoms with van der Waals surface area (Å²) in [6.45, 7) is 0.421. The van der Waals surface area contributed by atoms with E-state index < -0.39 is 6.29 Å². The second kappa shape index (κ2) is 4.14. The molecule has 3 fully saturated rings. The summed E-state index contributed by atoms with van der Waals surface area (Å²) in [5.41, 5.74) is 0.620. The van der Waals surface area contributed by atoms with Crippen LogP contribution in [0, 0.1) is 17.8 Å². The Balaban J connectivity index is 1.57. The smallest absolute Gasteiger partial charge is 0.218 e. The van der Waals surface area contributed by atoms with Crippen molar-refractivity contribution in [2.75, 3.05) is 13.7 Å².